The molecule has 0 aromatic heterocycles. The van der Waals surface area contributed by atoms with Gasteiger partial charge in [0.2, 0.25) is 0 Å². The third-order valence-corrected chi connectivity index (χ3v) is 4.56. The van der Waals surface area contributed by atoms with Gasteiger partial charge in [0.05, 0.1) is 12.0 Å². The minimum absolute atomic E-state index is 0.00292. The lowest BCUT2D eigenvalue weighted by Gasteiger charge is -2.30. The summed E-state index contributed by atoms with van der Waals surface area (Å²) in [6.07, 6.45) is 3.01. The molecule has 0 aliphatic rings. The summed E-state index contributed by atoms with van der Waals surface area (Å²) in [4.78, 5) is 58.4. The van der Waals surface area contributed by atoms with Crippen LogP contribution in [0.4, 0.5) is 0 Å². The van der Waals surface area contributed by atoms with E-state index in [9.17, 15) is 29.1 Å². The van der Waals surface area contributed by atoms with E-state index in [0.717, 1.165) is 0 Å². The van der Waals surface area contributed by atoms with Crippen LogP contribution in [-0.2, 0) is 42.9 Å². The van der Waals surface area contributed by atoms with Crippen molar-refractivity contribution < 1.29 is 48.0 Å². The third kappa shape index (κ3) is 15.1. The van der Waals surface area contributed by atoms with Crippen molar-refractivity contribution in [2.24, 2.45) is 5.41 Å². The molecule has 10 nitrogen and oxygen atoms in total. The van der Waals surface area contributed by atoms with Crippen LogP contribution in [0.2, 0.25) is 0 Å². The molecule has 0 spiro atoms. The van der Waals surface area contributed by atoms with Gasteiger partial charge in [0.15, 0.2) is 0 Å². The Balaban J connectivity index is 4.63. The zero-order valence-electron chi connectivity index (χ0n) is 20.0. The summed E-state index contributed by atoms with van der Waals surface area (Å²) in [5, 5.41) is 9.91. The Bertz CT molecular complexity index is 607. The molecule has 0 rings (SSSR count). The number of carbonyl (C=O) groups excluding carboxylic acids is 5. The van der Waals surface area contributed by atoms with Gasteiger partial charge in [-0.2, -0.15) is 0 Å². The molecule has 0 unspecified atom stereocenters. The fraction of sp³-hybridized carbons (Fsp3) is 0.783. The number of aliphatic hydroxyl groups excluding tert-OH is 1. The van der Waals surface area contributed by atoms with Crippen LogP contribution in [0.3, 0.4) is 0 Å². The van der Waals surface area contributed by atoms with Gasteiger partial charge in [-0.15, -0.1) is 0 Å². The normalized spacial score (nSPS) is 10.9. The number of aliphatic hydroxyl groups is 1. The molecular formula is C23H38O10. The third-order valence-electron chi connectivity index (χ3n) is 4.56. The molecule has 0 heterocycles. The summed E-state index contributed by atoms with van der Waals surface area (Å²) in [7, 11) is 0. The molecule has 0 aromatic carbocycles. The summed E-state index contributed by atoms with van der Waals surface area (Å²) >= 11 is 0. The van der Waals surface area contributed by atoms with Gasteiger partial charge >= 0.3 is 29.8 Å². The minimum Gasteiger partial charge on any atom is -0.465 e. The van der Waals surface area contributed by atoms with Crippen LogP contribution in [0.5, 0.6) is 0 Å². The highest BCUT2D eigenvalue weighted by Crippen LogP contribution is 2.21. The molecule has 0 saturated carbocycles. The zero-order valence-corrected chi connectivity index (χ0v) is 20.0. The Labute approximate surface area is 195 Å². The summed E-state index contributed by atoms with van der Waals surface area (Å²) in [6, 6.07) is 0. The molecule has 33 heavy (non-hydrogen) atoms. The van der Waals surface area contributed by atoms with Crippen molar-refractivity contribution in [2.45, 2.75) is 85.0 Å². The lowest BCUT2D eigenvalue weighted by atomic mass is 9.92. The summed E-state index contributed by atoms with van der Waals surface area (Å²) in [5.41, 5.74) is -1.27. The second-order valence-electron chi connectivity index (χ2n) is 7.94. The molecule has 0 aliphatic carbocycles. The number of carbonyl (C=O) groups is 5. The molecule has 0 saturated heterocycles. The van der Waals surface area contributed by atoms with Crippen molar-refractivity contribution >= 4 is 29.8 Å². The largest absolute Gasteiger partial charge is 0.465 e. The van der Waals surface area contributed by atoms with E-state index in [0.29, 0.717) is 32.1 Å². The van der Waals surface area contributed by atoms with Crippen molar-refractivity contribution in [1.29, 1.82) is 0 Å². The molecule has 0 bridgehead atoms. The van der Waals surface area contributed by atoms with E-state index in [1.165, 1.54) is 0 Å². The van der Waals surface area contributed by atoms with E-state index >= 15 is 0 Å². The van der Waals surface area contributed by atoms with Gasteiger partial charge in [0, 0.05) is 32.1 Å². The van der Waals surface area contributed by atoms with Crippen LogP contribution >= 0.6 is 0 Å². The lowest BCUT2D eigenvalue weighted by Crippen LogP contribution is -2.42. The maximum absolute atomic E-state index is 12.1. The van der Waals surface area contributed by atoms with E-state index < -0.39 is 41.9 Å². The van der Waals surface area contributed by atoms with Gasteiger partial charge in [0.25, 0.3) is 0 Å². The first-order chi connectivity index (χ1) is 15.7. The number of unbranched alkanes of at least 4 members (excludes halogenated alkanes) is 1. The van der Waals surface area contributed by atoms with E-state index in [-0.39, 0.29) is 51.9 Å². The first kappa shape index (κ1) is 30.5. The Morgan fingerprint density at radius 2 is 0.909 bits per heavy atom. The standard InChI is InChI=1S/C23H38O10/c1-4-9-18(25)30-15-23(14-24,16-31-19(26)10-5-2)17-32-20(27)12-7-8-13-22(29)33-21(28)11-6-3/h24H,4-17H2,1-3H3. The van der Waals surface area contributed by atoms with Gasteiger partial charge in [-0.3, -0.25) is 24.0 Å². The minimum atomic E-state index is -1.27. The van der Waals surface area contributed by atoms with Gasteiger partial charge in [-0.1, -0.05) is 20.8 Å². The first-order valence-corrected chi connectivity index (χ1v) is 11.5. The molecular weight excluding hydrogens is 436 g/mol. The van der Waals surface area contributed by atoms with Crippen LogP contribution in [0.1, 0.15) is 85.0 Å². The van der Waals surface area contributed by atoms with Gasteiger partial charge in [-0.25, -0.2) is 0 Å². The lowest BCUT2D eigenvalue weighted by molar-refractivity contribution is -0.166. The highest BCUT2D eigenvalue weighted by atomic mass is 16.6. The monoisotopic (exact) mass is 474 g/mol. The van der Waals surface area contributed by atoms with Crippen molar-refractivity contribution in [3.63, 3.8) is 0 Å². The SMILES string of the molecule is CCCC(=O)OCC(CO)(COC(=O)CCC)COC(=O)CCCCC(=O)OC(=O)CCC. The summed E-state index contributed by atoms with van der Waals surface area (Å²) in [5.74, 6) is -2.72. The maximum Gasteiger partial charge on any atom is 0.313 e. The first-order valence-electron chi connectivity index (χ1n) is 11.5. The summed E-state index contributed by atoms with van der Waals surface area (Å²) in [6.45, 7) is 4.05. The Hall–Kier alpha value is -2.49. The predicted molar refractivity (Wildman–Crippen MR) is 117 cm³/mol. The van der Waals surface area contributed by atoms with E-state index in [1.54, 1.807) is 6.92 Å². The smallest absolute Gasteiger partial charge is 0.313 e. The number of esters is 5. The molecule has 190 valence electrons. The maximum atomic E-state index is 12.1. The molecule has 0 fully saturated rings. The van der Waals surface area contributed by atoms with Gasteiger partial charge in [-0.05, 0) is 32.1 Å². The van der Waals surface area contributed by atoms with Crippen LogP contribution in [0, 0.1) is 5.41 Å². The van der Waals surface area contributed by atoms with Crippen LogP contribution in [0.15, 0.2) is 0 Å². The molecule has 0 aromatic rings. The molecule has 0 amide bonds. The van der Waals surface area contributed by atoms with Crippen LogP contribution < -0.4 is 0 Å². The van der Waals surface area contributed by atoms with E-state index in [1.807, 2.05) is 13.8 Å². The van der Waals surface area contributed by atoms with Gasteiger partial charge in [0.1, 0.15) is 19.8 Å². The number of ether oxygens (including phenoxy) is 4. The second kappa shape index (κ2) is 18.0. The van der Waals surface area contributed by atoms with Gasteiger partial charge < -0.3 is 24.1 Å². The second-order valence-corrected chi connectivity index (χ2v) is 7.94. The number of rotatable bonds is 18. The average Bonchev–Trinajstić information content (AvgIpc) is 2.77. The van der Waals surface area contributed by atoms with Crippen molar-refractivity contribution in [3.05, 3.63) is 0 Å². The highest BCUT2D eigenvalue weighted by Gasteiger charge is 2.35. The quantitative estimate of drug-likeness (QED) is 0.136. The van der Waals surface area contributed by atoms with E-state index in [2.05, 4.69) is 4.74 Å². The van der Waals surface area contributed by atoms with Crippen LogP contribution in [-0.4, -0.2) is 61.4 Å². The predicted octanol–water partition coefficient (Wildman–Crippen LogP) is 2.63. The Morgan fingerprint density at radius 3 is 1.30 bits per heavy atom. The number of hydrogen-bond acceptors (Lipinski definition) is 10. The molecule has 0 atom stereocenters. The Kier molecular flexibility index (Phi) is 16.6. The number of hydrogen-bond donors (Lipinski definition) is 1. The highest BCUT2D eigenvalue weighted by molar-refractivity contribution is 5.85. The fourth-order valence-corrected chi connectivity index (χ4v) is 2.56. The van der Waals surface area contributed by atoms with Crippen molar-refractivity contribution in [1.82, 2.24) is 0 Å². The molecule has 10 heteroatoms. The van der Waals surface area contributed by atoms with E-state index in [4.69, 9.17) is 14.2 Å². The Morgan fingerprint density at radius 1 is 0.576 bits per heavy atom. The molecule has 0 radical (unpaired) electrons. The molecule has 1 N–H and O–H groups in total. The zero-order chi connectivity index (χ0) is 25.1. The van der Waals surface area contributed by atoms with Crippen molar-refractivity contribution in [3.8, 4) is 0 Å². The summed E-state index contributed by atoms with van der Waals surface area (Å²) < 4.78 is 20.2. The topological polar surface area (TPSA) is 143 Å². The average molecular weight is 475 g/mol. The fourth-order valence-electron chi connectivity index (χ4n) is 2.56. The van der Waals surface area contributed by atoms with Crippen molar-refractivity contribution in [2.75, 3.05) is 26.4 Å². The molecule has 0 aliphatic heterocycles. The van der Waals surface area contributed by atoms with Crippen LogP contribution in [0.25, 0.3) is 0 Å².